The van der Waals surface area contributed by atoms with Crippen LogP contribution >= 0.6 is 0 Å². The van der Waals surface area contributed by atoms with Crippen molar-refractivity contribution in [2.45, 2.75) is 19.4 Å². The largest absolute Gasteiger partial charge is 0.347 e. The van der Waals surface area contributed by atoms with Crippen LogP contribution in [0.1, 0.15) is 34.7 Å². The lowest BCUT2D eigenvalue weighted by Gasteiger charge is -2.29. The Hall–Kier alpha value is -2.14. The van der Waals surface area contributed by atoms with Crippen molar-refractivity contribution >= 4 is 5.91 Å². The van der Waals surface area contributed by atoms with Gasteiger partial charge in [0.2, 0.25) is 0 Å². The zero-order valence-electron chi connectivity index (χ0n) is 12.2. The number of hydrogen-bond acceptors (Lipinski definition) is 3. The lowest BCUT2D eigenvalue weighted by atomic mass is 9.99. The predicted octanol–water partition coefficient (Wildman–Crippen LogP) is 1.76. The van der Waals surface area contributed by atoms with Crippen molar-refractivity contribution in [3.63, 3.8) is 0 Å². The zero-order valence-corrected chi connectivity index (χ0v) is 12.2. The van der Waals surface area contributed by atoms with Gasteiger partial charge in [0.05, 0.1) is 6.04 Å². The molecule has 0 fully saturated rings. The molecule has 1 aromatic heterocycles. The van der Waals surface area contributed by atoms with Crippen LogP contribution in [0, 0.1) is 0 Å². The summed E-state index contributed by atoms with van der Waals surface area (Å²) in [6, 6.07) is 8.04. The van der Waals surface area contributed by atoms with E-state index in [4.69, 9.17) is 0 Å². The summed E-state index contributed by atoms with van der Waals surface area (Å²) in [5.41, 5.74) is 2.01. The number of aromatic nitrogens is 2. The molecule has 1 aliphatic heterocycles. The minimum Gasteiger partial charge on any atom is -0.347 e. The molecule has 3 rings (SSSR count). The Labute approximate surface area is 124 Å². The molecule has 1 aliphatic rings. The molecule has 2 aromatic rings. The van der Waals surface area contributed by atoms with Crippen LogP contribution in [0.4, 0.5) is 0 Å². The van der Waals surface area contributed by atoms with Gasteiger partial charge in [-0.25, -0.2) is 4.98 Å². The highest BCUT2D eigenvalue weighted by molar-refractivity contribution is 5.96. The first-order valence-electron chi connectivity index (χ1n) is 7.35. The molecule has 1 unspecified atom stereocenters. The van der Waals surface area contributed by atoms with Crippen molar-refractivity contribution in [2.24, 2.45) is 0 Å². The van der Waals surface area contributed by atoms with Crippen molar-refractivity contribution in [3.8, 4) is 0 Å². The molecule has 21 heavy (non-hydrogen) atoms. The molecule has 1 amide bonds. The molecule has 2 N–H and O–H groups in total. The lowest BCUT2D eigenvalue weighted by molar-refractivity contribution is 0.0740. The summed E-state index contributed by atoms with van der Waals surface area (Å²) in [5, 5.41) is 3.39. The Morgan fingerprint density at radius 1 is 1.43 bits per heavy atom. The highest BCUT2D eigenvalue weighted by atomic mass is 16.2. The van der Waals surface area contributed by atoms with Crippen LogP contribution in [0.2, 0.25) is 0 Å². The van der Waals surface area contributed by atoms with E-state index < -0.39 is 0 Å². The summed E-state index contributed by atoms with van der Waals surface area (Å²) < 4.78 is 0. The van der Waals surface area contributed by atoms with Crippen molar-refractivity contribution in [3.05, 3.63) is 53.6 Å². The van der Waals surface area contributed by atoms with E-state index in [9.17, 15) is 4.79 Å². The van der Waals surface area contributed by atoms with Gasteiger partial charge in [-0.3, -0.25) is 4.79 Å². The quantitative estimate of drug-likeness (QED) is 0.879. The summed E-state index contributed by atoms with van der Waals surface area (Å²) in [6.45, 7) is 4.34. The second kappa shape index (κ2) is 6.10. The van der Waals surface area contributed by atoms with Gasteiger partial charge in [-0.2, -0.15) is 0 Å². The van der Waals surface area contributed by atoms with Crippen LogP contribution in [-0.2, 0) is 6.42 Å². The minimum absolute atomic E-state index is 0.143. The molecule has 0 spiro atoms. The third-order valence-corrected chi connectivity index (χ3v) is 3.95. The number of benzene rings is 1. The SMILES string of the molecule is CC(NCCN1CCc2ccccc2C1=O)c1ncc[nH]1. The molecule has 0 saturated carbocycles. The van der Waals surface area contributed by atoms with E-state index in [1.807, 2.05) is 35.4 Å². The molecule has 0 radical (unpaired) electrons. The maximum Gasteiger partial charge on any atom is 0.254 e. The summed E-state index contributed by atoms with van der Waals surface area (Å²) in [5.74, 6) is 1.06. The third kappa shape index (κ3) is 2.97. The van der Waals surface area contributed by atoms with E-state index in [1.54, 1.807) is 6.20 Å². The van der Waals surface area contributed by atoms with Gasteiger partial charge < -0.3 is 15.2 Å². The van der Waals surface area contributed by atoms with Gasteiger partial charge in [-0.05, 0) is 25.0 Å². The first-order valence-corrected chi connectivity index (χ1v) is 7.35. The summed E-state index contributed by atoms with van der Waals surface area (Å²) in [6.07, 6.45) is 4.51. The normalized spacial score (nSPS) is 15.9. The number of carbonyl (C=O) groups excluding carboxylic acids is 1. The Balaban J connectivity index is 1.54. The van der Waals surface area contributed by atoms with E-state index in [0.717, 1.165) is 43.0 Å². The topological polar surface area (TPSA) is 61.0 Å². The first kappa shape index (κ1) is 13.8. The van der Waals surface area contributed by atoms with E-state index in [2.05, 4.69) is 22.2 Å². The molecular formula is C16H20N4O. The number of carbonyl (C=O) groups is 1. The highest BCUT2D eigenvalue weighted by Gasteiger charge is 2.23. The maximum absolute atomic E-state index is 12.4. The predicted molar refractivity (Wildman–Crippen MR) is 81.1 cm³/mol. The number of nitrogens with zero attached hydrogens (tertiary/aromatic N) is 2. The second-order valence-electron chi connectivity index (χ2n) is 5.35. The van der Waals surface area contributed by atoms with Crippen LogP contribution < -0.4 is 5.32 Å². The zero-order chi connectivity index (χ0) is 14.7. The number of rotatable bonds is 5. The van der Waals surface area contributed by atoms with E-state index in [-0.39, 0.29) is 11.9 Å². The molecule has 110 valence electrons. The van der Waals surface area contributed by atoms with E-state index in [0.29, 0.717) is 0 Å². The Morgan fingerprint density at radius 3 is 3.10 bits per heavy atom. The smallest absolute Gasteiger partial charge is 0.254 e. The van der Waals surface area contributed by atoms with Crippen LogP contribution in [0.3, 0.4) is 0 Å². The Kier molecular flexibility index (Phi) is 4.01. The summed E-state index contributed by atoms with van der Waals surface area (Å²) >= 11 is 0. The van der Waals surface area contributed by atoms with Crippen LogP contribution in [0.5, 0.6) is 0 Å². The standard InChI is InChI=1S/C16H20N4O/c1-12(15-18-7-8-19-15)17-9-11-20-10-6-13-4-2-3-5-14(13)16(20)21/h2-5,7-8,12,17H,6,9-11H2,1H3,(H,18,19). The molecule has 0 saturated heterocycles. The number of imidazole rings is 1. The average Bonchev–Trinajstić information content (AvgIpc) is 3.04. The van der Waals surface area contributed by atoms with E-state index in [1.165, 1.54) is 0 Å². The molecule has 2 heterocycles. The van der Waals surface area contributed by atoms with Gasteiger partial charge in [-0.15, -0.1) is 0 Å². The number of aromatic amines is 1. The average molecular weight is 284 g/mol. The fourth-order valence-electron chi connectivity index (χ4n) is 2.71. The van der Waals surface area contributed by atoms with Gasteiger partial charge in [0.25, 0.3) is 5.91 Å². The third-order valence-electron chi connectivity index (χ3n) is 3.95. The van der Waals surface area contributed by atoms with Crippen LogP contribution in [0.15, 0.2) is 36.7 Å². The summed E-state index contributed by atoms with van der Waals surface area (Å²) in [7, 11) is 0. The van der Waals surface area contributed by atoms with Crippen molar-refractivity contribution in [1.29, 1.82) is 0 Å². The van der Waals surface area contributed by atoms with Crippen molar-refractivity contribution in [1.82, 2.24) is 20.2 Å². The monoisotopic (exact) mass is 284 g/mol. The molecule has 1 atom stereocenters. The maximum atomic E-state index is 12.4. The minimum atomic E-state index is 0.143. The first-order chi connectivity index (χ1) is 10.3. The molecule has 0 bridgehead atoms. The highest BCUT2D eigenvalue weighted by Crippen LogP contribution is 2.18. The Morgan fingerprint density at radius 2 is 2.29 bits per heavy atom. The molecule has 5 nitrogen and oxygen atoms in total. The molecule has 1 aromatic carbocycles. The summed E-state index contributed by atoms with van der Waals surface area (Å²) in [4.78, 5) is 21.6. The number of amides is 1. The molecular weight excluding hydrogens is 264 g/mol. The van der Waals surface area contributed by atoms with Gasteiger partial charge in [-0.1, -0.05) is 18.2 Å². The fourth-order valence-corrected chi connectivity index (χ4v) is 2.71. The number of H-pyrrole nitrogens is 1. The van der Waals surface area contributed by atoms with Gasteiger partial charge in [0.15, 0.2) is 0 Å². The van der Waals surface area contributed by atoms with Crippen LogP contribution in [0.25, 0.3) is 0 Å². The van der Waals surface area contributed by atoms with Gasteiger partial charge in [0.1, 0.15) is 5.82 Å². The number of hydrogen-bond donors (Lipinski definition) is 2. The number of nitrogens with one attached hydrogen (secondary N) is 2. The molecule has 5 heteroatoms. The van der Waals surface area contributed by atoms with Gasteiger partial charge in [0, 0.05) is 37.6 Å². The van der Waals surface area contributed by atoms with Crippen LogP contribution in [-0.4, -0.2) is 40.4 Å². The van der Waals surface area contributed by atoms with E-state index >= 15 is 0 Å². The Bertz CT molecular complexity index is 608. The molecule has 0 aliphatic carbocycles. The van der Waals surface area contributed by atoms with Crippen molar-refractivity contribution < 1.29 is 4.79 Å². The van der Waals surface area contributed by atoms with Gasteiger partial charge >= 0.3 is 0 Å². The lowest BCUT2D eigenvalue weighted by Crippen LogP contribution is -2.41. The second-order valence-corrected chi connectivity index (χ2v) is 5.35. The van der Waals surface area contributed by atoms with Crippen molar-refractivity contribution in [2.75, 3.05) is 19.6 Å². The fraction of sp³-hybridized carbons (Fsp3) is 0.375. The number of fused-ring (bicyclic) bond motifs is 1.